The van der Waals surface area contributed by atoms with Gasteiger partial charge in [-0.05, 0) is 80.7 Å². The Balaban J connectivity index is 0.00000225. The number of benzene rings is 1. The Morgan fingerprint density at radius 3 is 2.25 bits per heavy atom. The van der Waals surface area contributed by atoms with Gasteiger partial charge in [-0.3, -0.25) is 4.68 Å². The molecule has 1 aromatic heterocycles. The van der Waals surface area contributed by atoms with Crippen molar-refractivity contribution in [1.82, 2.24) is 14.5 Å². The first-order valence-electron chi connectivity index (χ1n) is 9.40. The first-order valence-corrected chi connectivity index (χ1v) is 10.9. The number of nitrogens with one attached hydrogen (secondary N) is 2. The summed E-state index contributed by atoms with van der Waals surface area (Å²) in [5.41, 5.74) is 5.70. The van der Waals surface area contributed by atoms with Gasteiger partial charge in [-0.15, -0.1) is 0 Å². The van der Waals surface area contributed by atoms with Gasteiger partial charge in [0.05, 0.1) is 0 Å². The van der Waals surface area contributed by atoms with E-state index < -0.39 is 16.1 Å². The Morgan fingerprint density at radius 2 is 1.71 bits per heavy atom. The van der Waals surface area contributed by atoms with E-state index in [0.717, 1.165) is 55.3 Å². The normalized spacial score (nSPS) is 15.1. The van der Waals surface area contributed by atoms with Gasteiger partial charge in [0.2, 0.25) is 0 Å². The minimum absolute atomic E-state index is 0. The molecule has 0 fully saturated rings. The zero-order valence-corrected chi connectivity index (χ0v) is 20.5. The van der Waals surface area contributed by atoms with Crippen LogP contribution in [0, 0.1) is 0 Å². The molecule has 0 atom stereocenters. The van der Waals surface area contributed by atoms with Crippen molar-refractivity contribution in [3.63, 3.8) is 0 Å². The van der Waals surface area contributed by atoms with Crippen LogP contribution in [0.5, 0.6) is 0 Å². The fourth-order valence-corrected chi connectivity index (χ4v) is 4.87. The van der Waals surface area contributed by atoms with E-state index in [1.807, 2.05) is 13.8 Å². The van der Waals surface area contributed by atoms with E-state index in [1.54, 1.807) is 10.9 Å². The largest absolute Gasteiger partial charge is 0.333 e. The number of amides is 2. The van der Waals surface area contributed by atoms with Crippen LogP contribution in [0.25, 0.3) is 0 Å². The molecule has 28 heavy (non-hydrogen) atoms. The maximum atomic E-state index is 12.5. The number of hydrogen-bond acceptors (Lipinski definition) is 4. The molecule has 2 aliphatic rings. The molecule has 145 valence electrons. The van der Waals surface area contributed by atoms with Gasteiger partial charge >= 0.3 is 6.03 Å². The predicted molar refractivity (Wildman–Crippen MR) is 108 cm³/mol. The van der Waals surface area contributed by atoms with Gasteiger partial charge in [0, 0.05) is 69.3 Å². The zero-order valence-electron chi connectivity index (χ0n) is 16.6. The number of carbonyl (C=O) groups excluding carboxylic acids is 1. The van der Waals surface area contributed by atoms with Crippen LogP contribution >= 0.6 is 0 Å². The fraction of sp³-hybridized carbons (Fsp3) is 0.474. The Labute approximate surface area is 208 Å². The molecular weight excluding hydrogens is 403 g/mol. The number of anilines is 1. The van der Waals surface area contributed by atoms with Crippen molar-refractivity contribution < 1.29 is 13.2 Å². The fourth-order valence-electron chi connectivity index (χ4n) is 4.03. The van der Waals surface area contributed by atoms with Gasteiger partial charge in [0.1, 0.15) is 0 Å². The van der Waals surface area contributed by atoms with Crippen molar-refractivity contribution in [2.24, 2.45) is 0 Å². The van der Waals surface area contributed by atoms with E-state index in [9.17, 15) is 13.2 Å². The Morgan fingerprint density at radius 1 is 1.11 bits per heavy atom. The standard InChI is InChI=1S/C19H24N4O3S.K/c1-12(2)23-10-9-17(21-23)27(25,26)22-19(24)20-18-15-7-3-5-13(15)11-14-6-4-8-16(14)18;/h9-12H,3-8H2,1-2H3,(H2,20,22,24);. The van der Waals surface area contributed by atoms with Crippen molar-refractivity contribution in [3.05, 3.63) is 40.6 Å². The summed E-state index contributed by atoms with van der Waals surface area (Å²) in [6.07, 6.45) is 7.61. The number of rotatable bonds is 4. The van der Waals surface area contributed by atoms with Crippen LogP contribution in [-0.2, 0) is 35.7 Å². The summed E-state index contributed by atoms with van der Waals surface area (Å²) in [6.45, 7) is 3.81. The van der Waals surface area contributed by atoms with Crippen LogP contribution in [-0.4, -0.2) is 75.6 Å². The van der Waals surface area contributed by atoms with Gasteiger partial charge < -0.3 is 5.32 Å². The minimum Gasteiger partial charge on any atom is -0.307 e. The summed E-state index contributed by atoms with van der Waals surface area (Å²) >= 11 is 0. The topological polar surface area (TPSA) is 93.1 Å². The van der Waals surface area contributed by atoms with Gasteiger partial charge in [0.15, 0.2) is 5.03 Å². The Bertz CT molecular complexity index is 982. The number of carbonyl (C=O) groups is 1. The third-order valence-electron chi connectivity index (χ3n) is 5.33. The predicted octanol–water partition coefficient (Wildman–Crippen LogP) is 2.57. The molecule has 2 aromatic rings. The average Bonchev–Trinajstić information content (AvgIpc) is 3.34. The van der Waals surface area contributed by atoms with E-state index in [0.29, 0.717) is 0 Å². The quantitative estimate of drug-likeness (QED) is 0.734. The molecule has 0 unspecified atom stereocenters. The zero-order chi connectivity index (χ0) is 19.2. The summed E-state index contributed by atoms with van der Waals surface area (Å²) in [5, 5.41) is 6.72. The number of sulfonamides is 1. The number of aryl methyl sites for hydroxylation is 2. The molecule has 2 N–H and O–H groups in total. The Hall–Kier alpha value is -0.714. The molecular formula is C19H24KN4O3S. The summed E-state index contributed by atoms with van der Waals surface area (Å²) in [5.74, 6) is 0. The molecule has 0 saturated carbocycles. The van der Waals surface area contributed by atoms with Crippen molar-refractivity contribution in [2.75, 3.05) is 5.32 Å². The first kappa shape index (κ1) is 22.0. The number of nitrogens with zero attached hydrogens (tertiary/aromatic N) is 2. The molecule has 1 aromatic carbocycles. The molecule has 1 radical (unpaired) electrons. The van der Waals surface area contributed by atoms with Gasteiger partial charge in [-0.25, -0.2) is 9.52 Å². The molecule has 4 rings (SSSR count). The number of urea groups is 1. The average molecular weight is 428 g/mol. The third kappa shape index (κ3) is 4.24. The van der Waals surface area contributed by atoms with Crippen molar-refractivity contribution in [1.29, 1.82) is 0 Å². The summed E-state index contributed by atoms with van der Waals surface area (Å²) in [7, 11) is -4.01. The number of hydrogen-bond donors (Lipinski definition) is 2. The van der Waals surface area contributed by atoms with Gasteiger partial charge in [-0.1, -0.05) is 6.07 Å². The molecule has 0 spiro atoms. The van der Waals surface area contributed by atoms with E-state index in [2.05, 4.69) is 21.2 Å². The van der Waals surface area contributed by atoms with Crippen molar-refractivity contribution in [3.8, 4) is 0 Å². The number of fused-ring (bicyclic) bond motifs is 2. The second-order valence-corrected chi connectivity index (χ2v) is 9.15. The smallest absolute Gasteiger partial charge is 0.307 e. The molecule has 2 amide bonds. The second kappa shape index (κ2) is 8.57. The maximum Gasteiger partial charge on any atom is 0.333 e. The van der Waals surface area contributed by atoms with Crippen molar-refractivity contribution >= 4 is 73.1 Å². The summed E-state index contributed by atoms with van der Waals surface area (Å²) < 4.78 is 28.6. The maximum absolute atomic E-state index is 12.5. The van der Waals surface area contributed by atoms with Crippen LogP contribution in [0.1, 0.15) is 55.0 Å². The monoisotopic (exact) mass is 427 g/mol. The molecule has 0 saturated heterocycles. The molecule has 0 aliphatic heterocycles. The van der Waals surface area contributed by atoms with Crippen LogP contribution in [0.15, 0.2) is 23.4 Å². The molecule has 7 nitrogen and oxygen atoms in total. The van der Waals surface area contributed by atoms with Gasteiger partial charge in [0.25, 0.3) is 10.0 Å². The summed E-state index contributed by atoms with van der Waals surface area (Å²) in [4.78, 5) is 12.5. The molecule has 9 heteroatoms. The minimum atomic E-state index is -4.01. The van der Waals surface area contributed by atoms with E-state index in [1.165, 1.54) is 17.2 Å². The van der Waals surface area contributed by atoms with Crippen LogP contribution in [0.2, 0.25) is 0 Å². The van der Waals surface area contributed by atoms with Crippen LogP contribution < -0.4 is 10.0 Å². The van der Waals surface area contributed by atoms with Gasteiger partial charge in [-0.2, -0.15) is 13.5 Å². The van der Waals surface area contributed by atoms with Crippen molar-refractivity contribution in [2.45, 2.75) is 63.4 Å². The third-order valence-corrected chi connectivity index (χ3v) is 6.55. The van der Waals surface area contributed by atoms with Crippen LogP contribution in [0.4, 0.5) is 10.5 Å². The van der Waals surface area contributed by atoms with Crippen LogP contribution in [0.3, 0.4) is 0 Å². The Kier molecular flexibility index (Phi) is 6.73. The number of aromatic nitrogens is 2. The molecule has 1 heterocycles. The molecule has 2 aliphatic carbocycles. The summed E-state index contributed by atoms with van der Waals surface area (Å²) in [6, 6.07) is 2.97. The SMILES string of the molecule is CC(C)n1ccc(S(=O)(=O)NC(=O)Nc2c3c(cc4c2CCC4)CCC3)n1.[K]. The van der Waals surface area contributed by atoms with E-state index in [4.69, 9.17) is 0 Å². The van der Waals surface area contributed by atoms with E-state index in [-0.39, 0.29) is 62.5 Å². The molecule has 0 bridgehead atoms. The second-order valence-electron chi connectivity index (χ2n) is 7.52. The van der Waals surface area contributed by atoms with E-state index >= 15 is 0 Å². The first-order chi connectivity index (χ1) is 12.8.